The largest absolute Gasteiger partial charge is 0.480 e. The Kier molecular flexibility index (Phi) is 6.92. The van der Waals surface area contributed by atoms with Gasteiger partial charge in [-0.1, -0.05) is 6.92 Å². The van der Waals surface area contributed by atoms with Crippen LogP contribution in [0.4, 0.5) is 4.79 Å². The summed E-state index contributed by atoms with van der Waals surface area (Å²) < 4.78 is 5.33. The van der Waals surface area contributed by atoms with Crippen molar-refractivity contribution < 1.29 is 19.1 Å². The number of aliphatic carboxylic acids is 1. The smallest absolute Gasteiger partial charge is 0.326 e. The average Bonchev–Trinajstić information content (AvgIpc) is 2.88. The number of hydrogen-bond acceptors (Lipinski definition) is 5. The van der Waals surface area contributed by atoms with Gasteiger partial charge in [0.15, 0.2) is 0 Å². The first kappa shape index (κ1) is 16.4. The molecule has 20 heavy (non-hydrogen) atoms. The lowest BCUT2D eigenvalue weighted by Crippen LogP contribution is -2.46. The van der Waals surface area contributed by atoms with Crippen LogP contribution in [0.1, 0.15) is 25.0 Å². The minimum absolute atomic E-state index is 0.126. The lowest BCUT2D eigenvalue weighted by molar-refractivity contribution is -0.139. The van der Waals surface area contributed by atoms with Gasteiger partial charge in [-0.05, 0) is 18.4 Å². The number of oxazole rings is 1. The Morgan fingerprint density at radius 1 is 1.55 bits per heavy atom. The van der Waals surface area contributed by atoms with Crippen LogP contribution in [-0.2, 0) is 17.8 Å². The van der Waals surface area contributed by atoms with Gasteiger partial charge in [-0.15, -0.1) is 0 Å². The van der Waals surface area contributed by atoms with Crippen LogP contribution in [0.5, 0.6) is 0 Å². The van der Waals surface area contributed by atoms with Crippen molar-refractivity contribution in [2.45, 2.75) is 32.4 Å². The van der Waals surface area contributed by atoms with Crippen molar-refractivity contribution in [2.75, 3.05) is 12.0 Å². The molecule has 7 nitrogen and oxygen atoms in total. The zero-order chi connectivity index (χ0) is 15.0. The second-order valence-corrected chi connectivity index (χ2v) is 5.06. The Balaban J connectivity index is 2.39. The highest BCUT2D eigenvalue weighted by Gasteiger charge is 2.19. The molecule has 0 spiro atoms. The highest BCUT2D eigenvalue weighted by Crippen LogP contribution is 2.04. The van der Waals surface area contributed by atoms with E-state index in [0.717, 1.165) is 12.2 Å². The fourth-order valence-electron chi connectivity index (χ4n) is 1.45. The van der Waals surface area contributed by atoms with Crippen LogP contribution in [0.3, 0.4) is 0 Å². The van der Waals surface area contributed by atoms with Gasteiger partial charge in [0.25, 0.3) is 0 Å². The molecule has 1 atom stereocenters. The molecule has 3 N–H and O–H groups in total. The predicted molar refractivity (Wildman–Crippen MR) is 75.7 cm³/mol. The van der Waals surface area contributed by atoms with Crippen LogP contribution in [0, 0.1) is 0 Å². The molecule has 0 aromatic carbocycles. The van der Waals surface area contributed by atoms with Crippen LogP contribution in [0.15, 0.2) is 10.6 Å². The van der Waals surface area contributed by atoms with E-state index in [9.17, 15) is 9.59 Å². The second kappa shape index (κ2) is 8.47. The molecule has 1 rings (SSSR count). The quantitative estimate of drug-likeness (QED) is 0.667. The van der Waals surface area contributed by atoms with E-state index >= 15 is 0 Å². The Morgan fingerprint density at radius 2 is 2.30 bits per heavy atom. The minimum atomic E-state index is -1.04. The fourth-order valence-corrected chi connectivity index (χ4v) is 1.92. The maximum Gasteiger partial charge on any atom is 0.326 e. The van der Waals surface area contributed by atoms with Gasteiger partial charge in [-0.25, -0.2) is 14.6 Å². The number of carboxylic acid groups (broad SMARTS) is 1. The van der Waals surface area contributed by atoms with Gasteiger partial charge in [-0.2, -0.15) is 11.8 Å². The number of rotatable bonds is 8. The molecule has 1 aromatic heterocycles. The van der Waals surface area contributed by atoms with Gasteiger partial charge >= 0.3 is 12.0 Å². The minimum Gasteiger partial charge on any atom is -0.480 e. The molecular formula is C12H19N3O4S. The van der Waals surface area contributed by atoms with E-state index in [1.165, 1.54) is 11.8 Å². The second-order valence-electron chi connectivity index (χ2n) is 4.07. The molecule has 0 bridgehead atoms. The molecule has 1 unspecified atom stereocenters. The van der Waals surface area contributed by atoms with Crippen LogP contribution >= 0.6 is 11.8 Å². The molecule has 2 amide bonds. The van der Waals surface area contributed by atoms with E-state index in [-0.39, 0.29) is 6.54 Å². The van der Waals surface area contributed by atoms with E-state index in [1.54, 1.807) is 6.20 Å². The van der Waals surface area contributed by atoms with Crippen molar-refractivity contribution in [1.29, 1.82) is 0 Å². The van der Waals surface area contributed by atoms with Gasteiger partial charge in [-0.3, -0.25) is 0 Å². The normalized spacial score (nSPS) is 11.9. The van der Waals surface area contributed by atoms with Gasteiger partial charge in [0.2, 0.25) is 5.89 Å². The van der Waals surface area contributed by atoms with Crippen molar-refractivity contribution in [3.63, 3.8) is 0 Å². The van der Waals surface area contributed by atoms with Gasteiger partial charge in [0, 0.05) is 6.42 Å². The van der Waals surface area contributed by atoms with E-state index in [0.29, 0.717) is 18.1 Å². The van der Waals surface area contributed by atoms with E-state index in [1.807, 2.05) is 13.2 Å². The zero-order valence-electron chi connectivity index (χ0n) is 11.5. The molecule has 8 heteroatoms. The number of carbonyl (C=O) groups is 2. The summed E-state index contributed by atoms with van der Waals surface area (Å²) in [6.45, 7) is 2.06. The number of aryl methyl sites for hydroxylation is 1. The van der Waals surface area contributed by atoms with Crippen molar-refractivity contribution in [3.05, 3.63) is 17.8 Å². The maximum absolute atomic E-state index is 11.6. The van der Waals surface area contributed by atoms with Gasteiger partial charge in [0.1, 0.15) is 11.8 Å². The SMILES string of the molecule is CCc1cnc(CNC(=O)NC(CCSC)C(=O)O)o1. The highest BCUT2D eigenvalue weighted by molar-refractivity contribution is 7.98. The molecule has 0 saturated heterocycles. The summed E-state index contributed by atoms with van der Waals surface area (Å²) in [7, 11) is 0. The summed E-state index contributed by atoms with van der Waals surface area (Å²) >= 11 is 1.53. The molecule has 1 aromatic rings. The summed E-state index contributed by atoms with van der Waals surface area (Å²) in [5.41, 5.74) is 0. The number of carbonyl (C=O) groups excluding carboxylic acids is 1. The Morgan fingerprint density at radius 3 is 2.85 bits per heavy atom. The first-order chi connectivity index (χ1) is 9.56. The first-order valence-corrected chi connectivity index (χ1v) is 7.65. The summed E-state index contributed by atoms with van der Waals surface area (Å²) in [6, 6.07) is -1.44. The number of urea groups is 1. The number of nitrogens with one attached hydrogen (secondary N) is 2. The number of hydrogen-bond donors (Lipinski definition) is 3. The molecule has 0 aliphatic heterocycles. The van der Waals surface area contributed by atoms with Crippen molar-refractivity contribution >= 4 is 23.8 Å². The Hall–Kier alpha value is -1.70. The average molecular weight is 301 g/mol. The van der Waals surface area contributed by atoms with Crippen LogP contribution in [-0.4, -0.2) is 40.1 Å². The molecule has 0 aliphatic rings. The molecular weight excluding hydrogens is 282 g/mol. The standard InChI is InChI=1S/C12H19N3O4S/c1-3-8-6-13-10(19-8)7-14-12(18)15-9(11(16)17)4-5-20-2/h6,9H,3-5,7H2,1-2H3,(H,16,17)(H2,14,15,18). The van der Waals surface area contributed by atoms with Gasteiger partial charge < -0.3 is 20.2 Å². The number of carboxylic acids is 1. The molecule has 0 radical (unpaired) electrons. The maximum atomic E-state index is 11.6. The molecule has 112 valence electrons. The number of aromatic nitrogens is 1. The highest BCUT2D eigenvalue weighted by atomic mass is 32.2. The van der Waals surface area contributed by atoms with E-state index in [2.05, 4.69) is 15.6 Å². The molecule has 0 fully saturated rings. The fraction of sp³-hybridized carbons (Fsp3) is 0.583. The van der Waals surface area contributed by atoms with E-state index < -0.39 is 18.0 Å². The molecule has 1 heterocycles. The zero-order valence-corrected chi connectivity index (χ0v) is 12.3. The van der Waals surface area contributed by atoms with Crippen LogP contribution in [0.2, 0.25) is 0 Å². The molecule has 0 saturated carbocycles. The van der Waals surface area contributed by atoms with Crippen LogP contribution < -0.4 is 10.6 Å². The van der Waals surface area contributed by atoms with Gasteiger partial charge in [0.05, 0.1) is 12.7 Å². The number of nitrogens with zero attached hydrogens (tertiary/aromatic N) is 1. The topological polar surface area (TPSA) is 104 Å². The number of amides is 2. The Labute approximate surface area is 121 Å². The third-order valence-electron chi connectivity index (χ3n) is 2.56. The first-order valence-electron chi connectivity index (χ1n) is 6.26. The summed E-state index contributed by atoms with van der Waals surface area (Å²) in [5, 5.41) is 13.9. The third kappa shape index (κ3) is 5.52. The van der Waals surface area contributed by atoms with Crippen molar-refractivity contribution in [2.24, 2.45) is 0 Å². The predicted octanol–water partition coefficient (Wildman–Crippen LogP) is 1.24. The third-order valence-corrected chi connectivity index (χ3v) is 3.21. The number of thioether (sulfide) groups is 1. The lowest BCUT2D eigenvalue weighted by Gasteiger charge is -2.14. The molecule has 0 aliphatic carbocycles. The van der Waals surface area contributed by atoms with Crippen molar-refractivity contribution in [3.8, 4) is 0 Å². The summed E-state index contributed by atoms with van der Waals surface area (Å²) in [5.74, 6) is 0.758. The monoisotopic (exact) mass is 301 g/mol. The van der Waals surface area contributed by atoms with E-state index in [4.69, 9.17) is 9.52 Å². The van der Waals surface area contributed by atoms with Crippen LogP contribution in [0.25, 0.3) is 0 Å². The summed E-state index contributed by atoms with van der Waals surface area (Å²) in [4.78, 5) is 26.6. The Bertz CT molecular complexity index is 450. The summed E-state index contributed by atoms with van der Waals surface area (Å²) in [6.07, 6.45) is 4.60. The lowest BCUT2D eigenvalue weighted by atomic mass is 10.2. The van der Waals surface area contributed by atoms with Crippen molar-refractivity contribution in [1.82, 2.24) is 15.6 Å².